The highest BCUT2D eigenvalue weighted by Gasteiger charge is 2.19. The van der Waals surface area contributed by atoms with Gasteiger partial charge in [0.25, 0.3) is 0 Å². The predicted molar refractivity (Wildman–Crippen MR) is 112 cm³/mol. The number of hydrogen-bond donors (Lipinski definition) is 2. The van der Waals surface area contributed by atoms with Crippen molar-refractivity contribution in [3.8, 4) is 11.1 Å². The third-order valence-electron chi connectivity index (χ3n) is 5.36. The molecule has 3 heterocycles. The van der Waals surface area contributed by atoms with Crippen LogP contribution in [0.1, 0.15) is 18.4 Å². The Bertz CT molecular complexity index is 858. The number of hydrogen-bond acceptors (Lipinski definition) is 5. The third-order valence-corrected chi connectivity index (χ3v) is 5.36. The fourth-order valence-corrected chi connectivity index (χ4v) is 3.78. The van der Waals surface area contributed by atoms with Gasteiger partial charge >= 0.3 is 6.03 Å². The molecule has 0 saturated carbocycles. The number of nitrogens with one attached hydrogen (secondary N) is 1. The number of likely N-dealkylation sites (tertiary alicyclic amines) is 1. The number of aromatic nitrogens is 1. The van der Waals surface area contributed by atoms with E-state index in [9.17, 15) is 4.79 Å². The van der Waals surface area contributed by atoms with Gasteiger partial charge in [0, 0.05) is 31.9 Å². The molecule has 0 atom stereocenters. The van der Waals surface area contributed by atoms with Crippen LogP contribution in [0.3, 0.4) is 0 Å². The molecule has 4 rings (SSSR count). The van der Waals surface area contributed by atoms with Crippen molar-refractivity contribution in [1.29, 1.82) is 0 Å². The number of pyridine rings is 1. The number of amides is 2. The SMILES string of the molecule is Cc1ccc(NC(=O)N2CCCC2)cc1-c1cc(N)nc(N2CCOCC2)c1. The summed E-state index contributed by atoms with van der Waals surface area (Å²) in [6.07, 6.45) is 2.15. The Labute approximate surface area is 165 Å². The Kier molecular flexibility index (Phi) is 5.34. The van der Waals surface area contributed by atoms with E-state index in [1.54, 1.807) is 0 Å². The quantitative estimate of drug-likeness (QED) is 0.854. The van der Waals surface area contributed by atoms with E-state index >= 15 is 0 Å². The maximum atomic E-state index is 12.4. The van der Waals surface area contributed by atoms with Crippen molar-refractivity contribution in [1.82, 2.24) is 9.88 Å². The van der Waals surface area contributed by atoms with Gasteiger partial charge in [-0.2, -0.15) is 0 Å². The van der Waals surface area contributed by atoms with Crippen LogP contribution in [0.25, 0.3) is 11.1 Å². The van der Waals surface area contributed by atoms with Crippen LogP contribution < -0.4 is 16.0 Å². The Balaban J connectivity index is 1.61. The predicted octanol–water partition coefficient (Wildman–Crippen LogP) is 3.10. The molecule has 0 radical (unpaired) electrons. The number of carbonyl (C=O) groups excluding carboxylic acids is 1. The molecule has 1 aromatic heterocycles. The van der Waals surface area contributed by atoms with E-state index in [-0.39, 0.29) is 6.03 Å². The molecule has 3 N–H and O–H groups in total. The molecule has 2 aliphatic heterocycles. The Hall–Kier alpha value is -2.80. The molecule has 2 saturated heterocycles. The second kappa shape index (κ2) is 8.06. The zero-order valence-corrected chi connectivity index (χ0v) is 16.3. The molecule has 0 spiro atoms. The van der Waals surface area contributed by atoms with E-state index in [1.165, 1.54) is 0 Å². The molecule has 0 unspecified atom stereocenters. The van der Waals surface area contributed by atoms with Crippen molar-refractivity contribution in [3.05, 3.63) is 35.9 Å². The van der Waals surface area contributed by atoms with Crippen LogP contribution in [0.4, 0.5) is 22.1 Å². The number of nitrogens with two attached hydrogens (primary N) is 1. The smallest absolute Gasteiger partial charge is 0.321 e. The molecule has 148 valence electrons. The lowest BCUT2D eigenvalue weighted by Gasteiger charge is -2.28. The highest BCUT2D eigenvalue weighted by Crippen LogP contribution is 2.31. The topological polar surface area (TPSA) is 83.7 Å². The lowest BCUT2D eigenvalue weighted by atomic mass is 10.00. The van der Waals surface area contributed by atoms with Gasteiger partial charge in [-0.05, 0) is 60.7 Å². The highest BCUT2D eigenvalue weighted by molar-refractivity contribution is 5.90. The minimum absolute atomic E-state index is 0.0319. The molecule has 1 aromatic carbocycles. The second-order valence-electron chi connectivity index (χ2n) is 7.39. The minimum atomic E-state index is -0.0319. The second-order valence-corrected chi connectivity index (χ2v) is 7.39. The number of anilines is 3. The van der Waals surface area contributed by atoms with Gasteiger partial charge in [0.05, 0.1) is 13.2 Å². The van der Waals surface area contributed by atoms with Gasteiger partial charge in [-0.25, -0.2) is 9.78 Å². The first kappa shape index (κ1) is 18.6. The number of aryl methyl sites for hydroxylation is 1. The molecular weight excluding hydrogens is 354 g/mol. The normalized spacial score (nSPS) is 17.0. The maximum Gasteiger partial charge on any atom is 0.321 e. The summed E-state index contributed by atoms with van der Waals surface area (Å²) in [5.41, 5.74) is 10.1. The number of nitrogens with zero attached hydrogens (tertiary/aromatic N) is 3. The fraction of sp³-hybridized carbons (Fsp3) is 0.429. The number of benzene rings is 1. The number of morpholine rings is 1. The van der Waals surface area contributed by atoms with Crippen molar-refractivity contribution in [2.45, 2.75) is 19.8 Å². The van der Waals surface area contributed by atoms with Crippen molar-refractivity contribution >= 4 is 23.4 Å². The average Bonchev–Trinajstić information content (AvgIpc) is 3.25. The standard InChI is InChI=1S/C21H27N5O2/c1-15-4-5-17(23-21(27)26-6-2-3-7-26)14-18(15)16-12-19(22)24-20(13-16)25-8-10-28-11-9-25/h4-5,12-14H,2-3,6-11H2,1H3,(H2,22,24)(H,23,27). The number of urea groups is 1. The summed E-state index contributed by atoms with van der Waals surface area (Å²) in [4.78, 5) is 21.0. The Morgan fingerprint density at radius 2 is 1.86 bits per heavy atom. The number of nitrogen functional groups attached to an aromatic ring is 1. The molecular formula is C21H27N5O2. The van der Waals surface area contributed by atoms with E-state index in [1.807, 2.05) is 29.2 Å². The summed E-state index contributed by atoms with van der Waals surface area (Å²) in [5, 5.41) is 3.03. The van der Waals surface area contributed by atoms with Gasteiger partial charge < -0.3 is 25.6 Å². The molecule has 28 heavy (non-hydrogen) atoms. The van der Waals surface area contributed by atoms with Crippen LogP contribution in [0.15, 0.2) is 30.3 Å². The summed E-state index contributed by atoms with van der Waals surface area (Å²) in [5.74, 6) is 1.36. The van der Waals surface area contributed by atoms with Crippen LogP contribution in [0.2, 0.25) is 0 Å². The molecule has 0 aliphatic carbocycles. The maximum absolute atomic E-state index is 12.4. The third kappa shape index (κ3) is 4.04. The summed E-state index contributed by atoms with van der Waals surface area (Å²) >= 11 is 0. The zero-order valence-electron chi connectivity index (χ0n) is 16.3. The van der Waals surface area contributed by atoms with E-state index < -0.39 is 0 Å². The molecule has 2 fully saturated rings. The van der Waals surface area contributed by atoms with Crippen molar-refractivity contribution in [3.63, 3.8) is 0 Å². The minimum Gasteiger partial charge on any atom is -0.384 e. The largest absolute Gasteiger partial charge is 0.384 e. The van der Waals surface area contributed by atoms with Gasteiger partial charge in [-0.15, -0.1) is 0 Å². The van der Waals surface area contributed by atoms with Crippen molar-refractivity contribution in [2.24, 2.45) is 0 Å². The molecule has 7 nitrogen and oxygen atoms in total. The van der Waals surface area contributed by atoms with Gasteiger partial charge in [-0.1, -0.05) is 6.07 Å². The van der Waals surface area contributed by atoms with Gasteiger partial charge in [0.2, 0.25) is 0 Å². The van der Waals surface area contributed by atoms with E-state index in [4.69, 9.17) is 10.5 Å². The number of carbonyl (C=O) groups is 1. The van der Waals surface area contributed by atoms with Crippen LogP contribution in [-0.4, -0.2) is 55.3 Å². The van der Waals surface area contributed by atoms with Crippen LogP contribution in [0, 0.1) is 6.92 Å². The van der Waals surface area contributed by atoms with Gasteiger partial charge in [0.15, 0.2) is 0 Å². The van der Waals surface area contributed by atoms with Gasteiger partial charge in [0.1, 0.15) is 11.6 Å². The van der Waals surface area contributed by atoms with E-state index in [0.29, 0.717) is 19.0 Å². The fourth-order valence-electron chi connectivity index (χ4n) is 3.78. The summed E-state index contributed by atoms with van der Waals surface area (Å²) in [7, 11) is 0. The summed E-state index contributed by atoms with van der Waals surface area (Å²) < 4.78 is 5.44. The van der Waals surface area contributed by atoms with Crippen LogP contribution in [0.5, 0.6) is 0 Å². The van der Waals surface area contributed by atoms with Crippen molar-refractivity contribution < 1.29 is 9.53 Å². The number of rotatable bonds is 3. The summed E-state index contributed by atoms with van der Waals surface area (Å²) in [6, 6.07) is 9.91. The molecule has 2 aliphatic rings. The summed E-state index contributed by atoms with van der Waals surface area (Å²) in [6.45, 7) is 6.72. The van der Waals surface area contributed by atoms with Crippen LogP contribution in [-0.2, 0) is 4.74 Å². The highest BCUT2D eigenvalue weighted by atomic mass is 16.5. The zero-order chi connectivity index (χ0) is 19.5. The average molecular weight is 381 g/mol. The first-order chi connectivity index (χ1) is 13.6. The first-order valence-electron chi connectivity index (χ1n) is 9.87. The van der Waals surface area contributed by atoms with Gasteiger partial charge in [-0.3, -0.25) is 0 Å². The van der Waals surface area contributed by atoms with E-state index in [0.717, 1.165) is 67.2 Å². The van der Waals surface area contributed by atoms with Crippen LogP contribution >= 0.6 is 0 Å². The monoisotopic (exact) mass is 381 g/mol. The first-order valence-corrected chi connectivity index (χ1v) is 9.87. The molecule has 0 bridgehead atoms. The molecule has 7 heteroatoms. The van der Waals surface area contributed by atoms with Crippen molar-refractivity contribution in [2.75, 3.05) is 55.3 Å². The lowest BCUT2D eigenvalue weighted by Crippen LogP contribution is -2.36. The Morgan fingerprint density at radius 3 is 2.61 bits per heavy atom. The number of ether oxygens (including phenoxy) is 1. The van der Waals surface area contributed by atoms with E-state index in [2.05, 4.69) is 28.2 Å². The lowest BCUT2D eigenvalue weighted by molar-refractivity contribution is 0.122. The molecule has 2 aromatic rings. The Morgan fingerprint density at radius 1 is 1.11 bits per heavy atom. The molecule has 2 amide bonds.